The number of hydrogen-bond donors (Lipinski definition) is 0. The number of aromatic nitrogens is 4. The van der Waals surface area contributed by atoms with Gasteiger partial charge < -0.3 is 4.57 Å². The third-order valence-electron chi connectivity index (χ3n) is 10.2. The topological polar surface area (TPSA) is 27.7 Å². The predicted molar refractivity (Wildman–Crippen MR) is 198 cm³/mol. The van der Waals surface area contributed by atoms with Gasteiger partial charge in [-0.15, -0.1) is 22.6 Å². The van der Waals surface area contributed by atoms with Crippen molar-refractivity contribution in [2.75, 3.05) is 0 Å². The van der Waals surface area contributed by atoms with Crippen LogP contribution in [0.25, 0.3) is 55.5 Å². The van der Waals surface area contributed by atoms with Gasteiger partial charge in [0.05, 0.1) is 0 Å². The maximum absolute atomic E-state index is 8.13. The number of para-hydroxylation sites is 3. The third kappa shape index (κ3) is 4.22. The molecule has 0 saturated carbocycles. The molecule has 10 rings (SSSR count). The molecule has 0 saturated heterocycles. The standard InChI is InChI=1S/C45H31N4.Pt/c1-30-24-25-46-44(26-30)49-40-19-8-5-16-36(40)37-23-22-32(28-43(37)49)45(38-17-6-3-14-34(38)35-15-4-7-18-39(35)45)31-12-11-13-33(27-31)48-29-47(2)41-20-9-10-21-42(41)48;/h3-26,29H,1-2H3;/q-1;/i1D3;. The summed E-state index contributed by atoms with van der Waals surface area (Å²) in [4.78, 5) is 4.72. The predicted octanol–water partition coefficient (Wildman–Crippen LogP) is 10.0. The zero-order chi connectivity index (χ0) is 35.2. The van der Waals surface area contributed by atoms with E-state index >= 15 is 0 Å². The first kappa shape index (κ1) is 27.3. The Morgan fingerprint density at radius 3 is 2.12 bits per heavy atom. The average molecular weight is 826 g/mol. The summed E-state index contributed by atoms with van der Waals surface area (Å²) in [5, 5.41) is 2.06. The van der Waals surface area contributed by atoms with Gasteiger partial charge in [0.2, 0.25) is 0 Å². The number of aryl methyl sites for hydroxylation is 2. The Balaban J connectivity index is 0.00000372. The number of benzene rings is 6. The second kappa shape index (κ2) is 11.5. The van der Waals surface area contributed by atoms with E-state index < -0.39 is 12.3 Å². The van der Waals surface area contributed by atoms with Crippen LogP contribution in [-0.2, 0) is 33.5 Å². The van der Waals surface area contributed by atoms with Gasteiger partial charge in [-0.1, -0.05) is 78.3 Å². The van der Waals surface area contributed by atoms with Crippen LogP contribution in [0.4, 0.5) is 0 Å². The third-order valence-corrected chi connectivity index (χ3v) is 10.2. The Bertz CT molecular complexity index is 2840. The van der Waals surface area contributed by atoms with Gasteiger partial charge >= 0.3 is 0 Å². The minimum atomic E-state index is -2.27. The van der Waals surface area contributed by atoms with Crippen molar-refractivity contribution in [2.45, 2.75) is 12.3 Å². The van der Waals surface area contributed by atoms with Crippen molar-refractivity contribution in [3.05, 3.63) is 192 Å². The van der Waals surface area contributed by atoms with Gasteiger partial charge in [0.1, 0.15) is 5.82 Å². The van der Waals surface area contributed by atoms with E-state index in [1.54, 1.807) is 18.3 Å². The van der Waals surface area contributed by atoms with E-state index in [-0.39, 0.29) is 26.6 Å². The van der Waals surface area contributed by atoms with Crippen molar-refractivity contribution >= 4 is 32.8 Å². The van der Waals surface area contributed by atoms with Gasteiger partial charge in [0.15, 0.2) is 17.4 Å². The number of imidazole rings is 1. The molecule has 0 bridgehead atoms. The van der Waals surface area contributed by atoms with Crippen LogP contribution in [0.2, 0.25) is 0 Å². The maximum Gasteiger partial charge on any atom is 0.188 e. The quantitative estimate of drug-likeness (QED) is 0.163. The molecule has 0 atom stereocenters. The van der Waals surface area contributed by atoms with E-state index in [0.29, 0.717) is 5.82 Å². The van der Waals surface area contributed by atoms with Gasteiger partial charge in [0.25, 0.3) is 0 Å². The fourth-order valence-electron chi connectivity index (χ4n) is 8.12. The average Bonchev–Trinajstić information content (AvgIpc) is 3.80. The molecule has 50 heavy (non-hydrogen) atoms. The molecule has 0 radical (unpaired) electrons. The summed E-state index contributed by atoms with van der Waals surface area (Å²) in [5.74, 6) is 0.537. The monoisotopic (exact) mass is 825 g/mol. The van der Waals surface area contributed by atoms with Crippen LogP contribution in [-0.4, -0.2) is 18.7 Å². The zero-order valence-electron chi connectivity index (χ0n) is 30.0. The van der Waals surface area contributed by atoms with Gasteiger partial charge in [-0.05, 0) is 70.4 Å². The normalized spacial score (nSPS) is 14.1. The molecular formula is C45H31N4Pt-. The van der Waals surface area contributed by atoms with Crippen LogP contribution in [0, 0.1) is 19.0 Å². The number of fused-ring (bicyclic) bond motifs is 7. The number of pyridine rings is 1. The first-order valence-corrected chi connectivity index (χ1v) is 16.5. The van der Waals surface area contributed by atoms with Crippen molar-refractivity contribution in [1.29, 1.82) is 0 Å². The van der Waals surface area contributed by atoms with E-state index in [9.17, 15) is 0 Å². The fraction of sp³-hybridized carbons (Fsp3) is 0.0667. The summed E-state index contributed by atoms with van der Waals surface area (Å²) in [7, 11) is 2.07. The molecule has 0 amide bonds. The fourth-order valence-corrected chi connectivity index (χ4v) is 8.12. The Kier molecular flexibility index (Phi) is 6.28. The first-order chi connectivity index (χ1) is 25.3. The summed E-state index contributed by atoms with van der Waals surface area (Å²) >= 11 is 0. The van der Waals surface area contributed by atoms with Crippen molar-refractivity contribution in [2.24, 2.45) is 7.05 Å². The Hall–Kier alpha value is -5.57. The Morgan fingerprint density at radius 1 is 0.660 bits per heavy atom. The summed E-state index contributed by atoms with van der Waals surface area (Å²) in [6, 6.07) is 55.8. The summed E-state index contributed by atoms with van der Waals surface area (Å²) < 4.78 is 30.8. The molecule has 6 aromatic carbocycles. The number of hydrogen-bond acceptors (Lipinski definition) is 1. The molecule has 9 aromatic rings. The second-order valence-corrected chi connectivity index (χ2v) is 12.8. The molecular weight excluding hydrogens is 792 g/mol. The van der Waals surface area contributed by atoms with E-state index in [0.717, 1.165) is 60.8 Å². The molecule has 0 fully saturated rings. The van der Waals surface area contributed by atoms with E-state index in [1.165, 1.54) is 11.1 Å². The van der Waals surface area contributed by atoms with Crippen LogP contribution in [0.1, 0.15) is 31.9 Å². The molecule has 4 nitrogen and oxygen atoms in total. The summed E-state index contributed by atoms with van der Waals surface area (Å²) in [6.45, 7) is -2.27. The molecule has 1 aliphatic carbocycles. The molecule has 0 unspecified atom stereocenters. The van der Waals surface area contributed by atoms with Crippen LogP contribution in [0.15, 0.2) is 152 Å². The van der Waals surface area contributed by atoms with E-state index in [2.05, 4.69) is 154 Å². The largest absolute Gasteiger partial charge is 0.319 e. The molecule has 3 heterocycles. The van der Waals surface area contributed by atoms with E-state index in [4.69, 9.17) is 9.10 Å². The Labute approximate surface area is 309 Å². The molecule has 5 heteroatoms. The minimum absolute atomic E-state index is 0. The summed E-state index contributed by atoms with van der Waals surface area (Å²) in [6.07, 6.45) is 3.69. The molecule has 242 valence electrons. The first-order valence-electron chi connectivity index (χ1n) is 18.0. The molecule has 0 spiro atoms. The van der Waals surface area contributed by atoms with Crippen molar-refractivity contribution in [3.63, 3.8) is 0 Å². The van der Waals surface area contributed by atoms with Crippen LogP contribution >= 0.6 is 0 Å². The minimum Gasteiger partial charge on any atom is -0.319 e. The van der Waals surface area contributed by atoms with Crippen LogP contribution in [0.5, 0.6) is 0 Å². The van der Waals surface area contributed by atoms with Crippen molar-refractivity contribution < 1.29 is 25.2 Å². The smallest absolute Gasteiger partial charge is 0.188 e. The van der Waals surface area contributed by atoms with Crippen LogP contribution in [0.3, 0.4) is 0 Å². The van der Waals surface area contributed by atoms with Gasteiger partial charge in [-0.2, -0.15) is 30.3 Å². The number of rotatable bonds is 4. The van der Waals surface area contributed by atoms with E-state index in [1.807, 2.05) is 12.1 Å². The van der Waals surface area contributed by atoms with Crippen LogP contribution < -0.4 is 0 Å². The van der Waals surface area contributed by atoms with Gasteiger partial charge in [-0.25, -0.2) is 14.1 Å². The zero-order valence-corrected chi connectivity index (χ0v) is 29.3. The molecule has 1 aliphatic rings. The SMILES string of the molecule is [2H]C([2H])([2H])c1ccnc(-n2c3[c-]c(C4(c5[c-]c(-n6[cH+]n(C)c7ccccc76)ccc5)c5ccccc5-c5ccccc54)ccc3c3ccccc32)c1.[Pt]. The summed E-state index contributed by atoms with van der Waals surface area (Å²) in [5.41, 5.74) is 11.1. The Morgan fingerprint density at radius 2 is 1.34 bits per heavy atom. The molecule has 0 N–H and O–H groups in total. The second-order valence-electron chi connectivity index (χ2n) is 12.8. The maximum atomic E-state index is 8.13. The number of nitrogens with zero attached hydrogens (tertiary/aromatic N) is 4. The molecule has 3 aromatic heterocycles. The van der Waals surface area contributed by atoms with Gasteiger partial charge in [-0.3, -0.25) is 0 Å². The van der Waals surface area contributed by atoms with Gasteiger partial charge in [0, 0.05) is 67.2 Å². The van der Waals surface area contributed by atoms with Crippen molar-refractivity contribution in [3.8, 4) is 22.6 Å². The van der Waals surface area contributed by atoms with Crippen molar-refractivity contribution in [1.82, 2.24) is 18.7 Å². The molecule has 0 aliphatic heterocycles.